The number of thioether (sulfide) groups is 1. The molecule has 0 aromatic heterocycles. The fraction of sp³-hybridized carbons (Fsp3) is 0.467. The van der Waals surface area contributed by atoms with Crippen LogP contribution < -0.4 is 5.32 Å². The molecule has 0 bridgehead atoms. The lowest BCUT2D eigenvalue weighted by molar-refractivity contribution is -0.142. The zero-order valence-electron chi connectivity index (χ0n) is 11.7. The Morgan fingerprint density at radius 2 is 2.00 bits per heavy atom. The first-order chi connectivity index (χ1) is 9.97. The summed E-state index contributed by atoms with van der Waals surface area (Å²) in [5.41, 5.74) is 0. The molecule has 1 amide bonds. The number of amides is 1. The van der Waals surface area contributed by atoms with Gasteiger partial charge in [0.1, 0.15) is 0 Å². The van der Waals surface area contributed by atoms with Gasteiger partial charge in [0.25, 0.3) is 0 Å². The Morgan fingerprint density at radius 1 is 1.33 bits per heavy atom. The highest BCUT2D eigenvalue weighted by Gasteiger charge is 2.34. The molecule has 0 heterocycles. The number of benzene rings is 1. The Labute approximate surface area is 133 Å². The summed E-state index contributed by atoms with van der Waals surface area (Å²) in [6.45, 7) is 1.82. The van der Waals surface area contributed by atoms with Gasteiger partial charge in [0.2, 0.25) is 5.91 Å². The first-order valence-corrected chi connectivity index (χ1v) is 8.18. The highest BCUT2D eigenvalue weighted by Crippen LogP contribution is 2.28. The van der Waals surface area contributed by atoms with E-state index >= 15 is 0 Å². The van der Waals surface area contributed by atoms with Gasteiger partial charge in [-0.3, -0.25) is 9.59 Å². The van der Waals surface area contributed by atoms with Crippen molar-refractivity contribution in [3.05, 3.63) is 29.3 Å². The largest absolute Gasteiger partial charge is 0.481 e. The maximum atomic E-state index is 12.2. The number of carbonyl (C=O) groups is 2. The second kappa shape index (κ2) is 7.18. The molecule has 1 aliphatic carbocycles. The first-order valence-electron chi connectivity index (χ1n) is 6.93. The van der Waals surface area contributed by atoms with Crippen LogP contribution in [0.1, 0.15) is 26.2 Å². The molecule has 2 N–H and O–H groups in total. The van der Waals surface area contributed by atoms with Crippen LogP contribution in [0.4, 0.5) is 0 Å². The standard InChI is InChI=1S/C15H18ClNO3S/c1-9(21-11-7-5-10(16)6-8-11)14(18)17-13-4-2-3-12(13)15(19)20/h5-9,12-13H,2-4H2,1H3,(H,17,18)(H,19,20). The molecule has 3 atom stereocenters. The molecular weight excluding hydrogens is 310 g/mol. The molecule has 0 saturated heterocycles. The molecule has 114 valence electrons. The van der Waals surface area contributed by atoms with E-state index in [1.807, 2.05) is 19.1 Å². The van der Waals surface area contributed by atoms with E-state index in [-0.39, 0.29) is 17.2 Å². The summed E-state index contributed by atoms with van der Waals surface area (Å²) in [7, 11) is 0. The quantitative estimate of drug-likeness (QED) is 0.815. The predicted molar refractivity (Wildman–Crippen MR) is 83.7 cm³/mol. The summed E-state index contributed by atoms with van der Waals surface area (Å²) in [6, 6.07) is 7.06. The van der Waals surface area contributed by atoms with Crippen molar-refractivity contribution in [1.29, 1.82) is 0 Å². The molecule has 1 aromatic rings. The van der Waals surface area contributed by atoms with Crippen LogP contribution in [0.25, 0.3) is 0 Å². The van der Waals surface area contributed by atoms with Crippen molar-refractivity contribution >= 4 is 35.2 Å². The highest BCUT2D eigenvalue weighted by molar-refractivity contribution is 8.00. The third-order valence-electron chi connectivity index (χ3n) is 3.66. The van der Waals surface area contributed by atoms with Gasteiger partial charge in [0, 0.05) is 16.0 Å². The highest BCUT2D eigenvalue weighted by atomic mass is 35.5. The molecule has 1 saturated carbocycles. The van der Waals surface area contributed by atoms with Gasteiger partial charge in [-0.15, -0.1) is 11.8 Å². The monoisotopic (exact) mass is 327 g/mol. The van der Waals surface area contributed by atoms with E-state index in [0.29, 0.717) is 11.4 Å². The van der Waals surface area contributed by atoms with Crippen LogP contribution in [0, 0.1) is 5.92 Å². The lowest BCUT2D eigenvalue weighted by Gasteiger charge is -2.20. The smallest absolute Gasteiger partial charge is 0.308 e. The zero-order valence-corrected chi connectivity index (χ0v) is 13.3. The average molecular weight is 328 g/mol. The SMILES string of the molecule is CC(Sc1ccc(Cl)cc1)C(=O)NC1CCCC1C(=O)O. The third-order valence-corrected chi connectivity index (χ3v) is 5.02. The maximum absolute atomic E-state index is 12.2. The summed E-state index contributed by atoms with van der Waals surface area (Å²) in [5.74, 6) is -1.40. The molecule has 0 spiro atoms. The Bertz CT molecular complexity index is 520. The average Bonchev–Trinajstić information content (AvgIpc) is 2.89. The number of rotatable bonds is 5. The van der Waals surface area contributed by atoms with Gasteiger partial charge in [-0.05, 0) is 44.0 Å². The van der Waals surface area contributed by atoms with Gasteiger partial charge in [0.05, 0.1) is 11.2 Å². The minimum absolute atomic E-state index is 0.117. The minimum atomic E-state index is -0.823. The van der Waals surface area contributed by atoms with Crippen LogP contribution in [0.2, 0.25) is 5.02 Å². The molecule has 1 aliphatic rings. The van der Waals surface area contributed by atoms with Gasteiger partial charge >= 0.3 is 5.97 Å². The summed E-state index contributed by atoms with van der Waals surface area (Å²) < 4.78 is 0. The fourth-order valence-electron chi connectivity index (χ4n) is 2.50. The normalized spacial score (nSPS) is 22.8. The molecule has 1 fully saturated rings. The second-order valence-electron chi connectivity index (χ2n) is 5.20. The van der Waals surface area contributed by atoms with E-state index in [1.165, 1.54) is 11.8 Å². The van der Waals surface area contributed by atoms with Crippen LogP contribution in [0.3, 0.4) is 0 Å². The van der Waals surface area contributed by atoms with E-state index in [2.05, 4.69) is 5.32 Å². The predicted octanol–water partition coefficient (Wildman–Crippen LogP) is 3.19. The molecule has 6 heteroatoms. The van der Waals surface area contributed by atoms with Crippen molar-refractivity contribution in [3.8, 4) is 0 Å². The number of halogens is 1. The van der Waals surface area contributed by atoms with Crippen molar-refractivity contribution < 1.29 is 14.7 Å². The van der Waals surface area contributed by atoms with Crippen LogP contribution in [0.5, 0.6) is 0 Å². The Hall–Kier alpha value is -1.20. The summed E-state index contributed by atoms with van der Waals surface area (Å²) in [6.07, 6.45) is 2.22. The van der Waals surface area contributed by atoms with Crippen LogP contribution >= 0.6 is 23.4 Å². The van der Waals surface area contributed by atoms with E-state index in [0.717, 1.165) is 17.7 Å². The maximum Gasteiger partial charge on any atom is 0.308 e. The number of hydrogen-bond acceptors (Lipinski definition) is 3. The molecule has 1 aromatic carbocycles. The van der Waals surface area contributed by atoms with Crippen LogP contribution in [-0.2, 0) is 9.59 Å². The van der Waals surface area contributed by atoms with Crippen molar-refractivity contribution in [1.82, 2.24) is 5.32 Å². The number of carboxylic acids is 1. The van der Waals surface area contributed by atoms with Gasteiger partial charge in [0.15, 0.2) is 0 Å². The van der Waals surface area contributed by atoms with Gasteiger partial charge in [-0.1, -0.05) is 18.0 Å². The Kier molecular flexibility index (Phi) is 5.53. The fourth-order valence-corrected chi connectivity index (χ4v) is 3.50. The van der Waals surface area contributed by atoms with E-state index < -0.39 is 11.9 Å². The Morgan fingerprint density at radius 3 is 2.62 bits per heavy atom. The number of nitrogens with one attached hydrogen (secondary N) is 1. The lowest BCUT2D eigenvalue weighted by Crippen LogP contribution is -2.43. The van der Waals surface area contributed by atoms with E-state index in [4.69, 9.17) is 16.7 Å². The molecule has 21 heavy (non-hydrogen) atoms. The summed E-state index contributed by atoms with van der Waals surface area (Å²) in [5, 5.41) is 12.4. The third kappa shape index (κ3) is 4.38. The summed E-state index contributed by atoms with van der Waals surface area (Å²) >= 11 is 7.26. The van der Waals surface area contributed by atoms with E-state index in [9.17, 15) is 9.59 Å². The molecule has 3 unspecified atom stereocenters. The molecule has 2 rings (SSSR count). The van der Waals surface area contributed by atoms with Crippen molar-refractivity contribution in [3.63, 3.8) is 0 Å². The molecule has 4 nitrogen and oxygen atoms in total. The summed E-state index contributed by atoms with van der Waals surface area (Å²) in [4.78, 5) is 24.3. The second-order valence-corrected chi connectivity index (χ2v) is 7.06. The van der Waals surface area contributed by atoms with Crippen molar-refractivity contribution in [2.45, 2.75) is 42.4 Å². The number of hydrogen-bond donors (Lipinski definition) is 2. The van der Waals surface area contributed by atoms with Crippen molar-refractivity contribution in [2.75, 3.05) is 0 Å². The Balaban J connectivity index is 1.90. The van der Waals surface area contributed by atoms with Gasteiger partial charge in [-0.2, -0.15) is 0 Å². The molecule has 0 aliphatic heterocycles. The topological polar surface area (TPSA) is 66.4 Å². The van der Waals surface area contributed by atoms with Gasteiger partial charge in [-0.25, -0.2) is 0 Å². The lowest BCUT2D eigenvalue weighted by atomic mass is 10.0. The first kappa shape index (κ1) is 16.2. The molecule has 0 radical (unpaired) electrons. The number of carboxylic acid groups (broad SMARTS) is 1. The van der Waals surface area contributed by atoms with Crippen LogP contribution in [-0.4, -0.2) is 28.3 Å². The zero-order chi connectivity index (χ0) is 15.4. The van der Waals surface area contributed by atoms with Crippen molar-refractivity contribution in [2.24, 2.45) is 5.92 Å². The molecular formula is C15H18ClNO3S. The van der Waals surface area contributed by atoms with Gasteiger partial charge < -0.3 is 10.4 Å². The van der Waals surface area contributed by atoms with Crippen LogP contribution in [0.15, 0.2) is 29.2 Å². The number of aliphatic carboxylic acids is 1. The number of carbonyl (C=O) groups excluding carboxylic acids is 1. The van der Waals surface area contributed by atoms with E-state index in [1.54, 1.807) is 12.1 Å². The minimum Gasteiger partial charge on any atom is -0.481 e.